The van der Waals surface area contributed by atoms with E-state index in [0.717, 1.165) is 5.39 Å². The molecule has 9 nitrogen and oxygen atoms in total. The SMILES string of the molecule is CCOc1cc(OCC)c(C(=O)c2ccccc2)cc1C=Nn1c(-c2cc3c(OC)cccc3o2)nc2ccccc2c1=O. The predicted octanol–water partition coefficient (Wildman–Crippen LogP) is 6.73. The molecule has 0 aliphatic rings. The Morgan fingerprint density at radius 3 is 2.39 bits per heavy atom. The van der Waals surface area contributed by atoms with Crippen LogP contribution in [0.4, 0.5) is 0 Å². The summed E-state index contributed by atoms with van der Waals surface area (Å²) in [5.41, 5.74) is 2.02. The second-order valence-electron chi connectivity index (χ2n) is 9.74. The van der Waals surface area contributed by atoms with Gasteiger partial charge in [-0.05, 0) is 50.2 Å². The van der Waals surface area contributed by atoms with Crippen LogP contribution in [-0.2, 0) is 0 Å². The first-order chi connectivity index (χ1) is 21.5. The summed E-state index contributed by atoms with van der Waals surface area (Å²) >= 11 is 0. The molecule has 0 bridgehead atoms. The third kappa shape index (κ3) is 5.31. The zero-order valence-electron chi connectivity index (χ0n) is 24.4. The van der Waals surface area contributed by atoms with E-state index in [1.165, 1.54) is 10.9 Å². The van der Waals surface area contributed by atoms with Crippen LogP contribution in [0.15, 0.2) is 105 Å². The average molecular weight is 588 g/mol. The Kier molecular flexibility index (Phi) is 7.92. The molecule has 4 aromatic carbocycles. The van der Waals surface area contributed by atoms with Crippen molar-refractivity contribution in [2.45, 2.75) is 13.8 Å². The van der Waals surface area contributed by atoms with Crippen LogP contribution in [-0.4, -0.2) is 42.0 Å². The maximum atomic E-state index is 13.8. The van der Waals surface area contributed by atoms with Crippen molar-refractivity contribution < 1.29 is 23.4 Å². The van der Waals surface area contributed by atoms with E-state index in [4.69, 9.17) is 23.6 Å². The van der Waals surface area contributed by atoms with Gasteiger partial charge in [-0.1, -0.05) is 48.5 Å². The quantitative estimate of drug-likeness (QED) is 0.129. The number of hydrogen-bond donors (Lipinski definition) is 0. The molecule has 0 aliphatic heterocycles. The van der Waals surface area contributed by atoms with Gasteiger partial charge in [0.1, 0.15) is 22.8 Å². The average Bonchev–Trinajstić information content (AvgIpc) is 3.50. The number of hydrogen-bond acceptors (Lipinski definition) is 8. The van der Waals surface area contributed by atoms with Crippen LogP contribution in [0.1, 0.15) is 35.3 Å². The van der Waals surface area contributed by atoms with Crippen LogP contribution in [0.5, 0.6) is 17.2 Å². The van der Waals surface area contributed by atoms with Crippen molar-refractivity contribution in [1.82, 2.24) is 9.66 Å². The molecular formula is C35H29N3O6. The first kappa shape index (κ1) is 28.4. The number of ketones is 1. The number of fused-ring (bicyclic) bond motifs is 2. The van der Waals surface area contributed by atoms with Crippen molar-refractivity contribution in [3.8, 4) is 28.8 Å². The highest BCUT2D eigenvalue weighted by Crippen LogP contribution is 2.34. The number of aromatic nitrogens is 2. The van der Waals surface area contributed by atoms with E-state index in [1.54, 1.807) is 67.8 Å². The summed E-state index contributed by atoms with van der Waals surface area (Å²) in [6.45, 7) is 4.43. The molecule has 0 N–H and O–H groups in total. The highest BCUT2D eigenvalue weighted by Gasteiger charge is 2.20. The van der Waals surface area contributed by atoms with Crippen LogP contribution in [0.25, 0.3) is 33.5 Å². The second kappa shape index (κ2) is 12.3. The van der Waals surface area contributed by atoms with Crippen molar-refractivity contribution in [1.29, 1.82) is 0 Å². The minimum Gasteiger partial charge on any atom is -0.496 e. The third-order valence-electron chi connectivity index (χ3n) is 7.02. The van der Waals surface area contributed by atoms with Gasteiger partial charge in [-0.15, -0.1) is 0 Å². The number of ether oxygens (including phenoxy) is 3. The van der Waals surface area contributed by atoms with Crippen LogP contribution in [0, 0.1) is 0 Å². The van der Waals surface area contributed by atoms with Gasteiger partial charge in [0.25, 0.3) is 5.56 Å². The van der Waals surface area contributed by atoms with Gasteiger partial charge in [-0.3, -0.25) is 9.59 Å². The highest BCUT2D eigenvalue weighted by atomic mass is 16.5. The minimum atomic E-state index is -0.390. The van der Waals surface area contributed by atoms with Gasteiger partial charge in [-0.25, -0.2) is 4.98 Å². The Bertz CT molecular complexity index is 2080. The van der Waals surface area contributed by atoms with Crippen LogP contribution >= 0.6 is 0 Å². The standard InChI is InChI=1S/C35H29N3O6/c1-4-42-30-20-31(43-5-2)26(33(39)22-12-7-6-8-13-22)18-23(30)21-36-38-34(37-27-15-10-9-14-24(27)35(38)40)32-19-25-28(41-3)16-11-17-29(25)44-32/h6-21H,4-5H2,1-3H3. The normalized spacial score (nSPS) is 11.3. The Morgan fingerprint density at radius 2 is 1.61 bits per heavy atom. The number of carbonyl (C=O) groups excluding carboxylic acids is 1. The smallest absolute Gasteiger partial charge is 0.282 e. The van der Waals surface area contributed by atoms with E-state index in [0.29, 0.717) is 69.4 Å². The van der Waals surface area contributed by atoms with Gasteiger partial charge in [0, 0.05) is 17.2 Å². The van der Waals surface area contributed by atoms with Gasteiger partial charge in [0.2, 0.25) is 5.82 Å². The Labute approximate surface area is 252 Å². The fraction of sp³-hybridized carbons (Fsp3) is 0.143. The lowest BCUT2D eigenvalue weighted by Gasteiger charge is -2.15. The molecule has 2 heterocycles. The van der Waals surface area contributed by atoms with Gasteiger partial charge in [0.05, 0.1) is 48.4 Å². The fourth-order valence-corrected chi connectivity index (χ4v) is 4.99. The van der Waals surface area contributed by atoms with E-state index >= 15 is 0 Å². The maximum Gasteiger partial charge on any atom is 0.282 e. The molecule has 0 radical (unpaired) electrons. The van der Waals surface area contributed by atoms with Crippen LogP contribution < -0.4 is 19.8 Å². The molecule has 0 spiro atoms. The molecule has 44 heavy (non-hydrogen) atoms. The fourth-order valence-electron chi connectivity index (χ4n) is 4.99. The number of carbonyl (C=O) groups is 1. The summed E-state index contributed by atoms with van der Waals surface area (Å²) in [7, 11) is 1.58. The molecule has 0 fully saturated rings. The van der Waals surface area contributed by atoms with Crippen molar-refractivity contribution in [3.05, 3.63) is 118 Å². The Balaban J connectivity index is 1.54. The summed E-state index contributed by atoms with van der Waals surface area (Å²) in [6.07, 6.45) is 1.48. The Morgan fingerprint density at radius 1 is 0.864 bits per heavy atom. The van der Waals surface area contributed by atoms with Crippen molar-refractivity contribution in [2.75, 3.05) is 20.3 Å². The summed E-state index contributed by atoms with van der Waals surface area (Å²) in [6, 6.07) is 26.6. The number of benzene rings is 4. The van der Waals surface area contributed by atoms with Gasteiger partial charge < -0.3 is 18.6 Å². The largest absolute Gasteiger partial charge is 0.496 e. The van der Waals surface area contributed by atoms with Gasteiger partial charge in [0.15, 0.2) is 11.5 Å². The first-order valence-electron chi connectivity index (χ1n) is 14.2. The summed E-state index contributed by atoms with van der Waals surface area (Å²) < 4.78 is 24.6. The topological polar surface area (TPSA) is 105 Å². The molecule has 0 atom stereocenters. The Hall–Kier alpha value is -5.70. The molecular weight excluding hydrogens is 558 g/mol. The van der Waals surface area contributed by atoms with Gasteiger partial charge in [-0.2, -0.15) is 9.78 Å². The summed E-state index contributed by atoms with van der Waals surface area (Å²) in [5, 5.41) is 5.72. The zero-order valence-corrected chi connectivity index (χ0v) is 24.4. The van der Waals surface area contributed by atoms with E-state index in [-0.39, 0.29) is 11.6 Å². The third-order valence-corrected chi connectivity index (χ3v) is 7.02. The maximum absolute atomic E-state index is 13.8. The molecule has 0 amide bonds. The number of nitrogens with zero attached hydrogens (tertiary/aromatic N) is 3. The molecule has 2 aromatic heterocycles. The molecule has 220 valence electrons. The summed E-state index contributed by atoms with van der Waals surface area (Å²) in [5.74, 6) is 1.79. The van der Waals surface area contributed by atoms with E-state index in [9.17, 15) is 9.59 Å². The number of methoxy groups -OCH3 is 1. The number of rotatable bonds is 10. The van der Waals surface area contributed by atoms with Crippen molar-refractivity contribution in [2.24, 2.45) is 5.10 Å². The number of para-hydroxylation sites is 1. The minimum absolute atomic E-state index is 0.202. The van der Waals surface area contributed by atoms with Crippen molar-refractivity contribution in [3.63, 3.8) is 0 Å². The van der Waals surface area contributed by atoms with E-state index in [2.05, 4.69) is 5.10 Å². The van der Waals surface area contributed by atoms with Crippen molar-refractivity contribution >= 4 is 33.9 Å². The predicted molar refractivity (Wildman–Crippen MR) is 169 cm³/mol. The summed E-state index contributed by atoms with van der Waals surface area (Å²) in [4.78, 5) is 32.2. The molecule has 0 saturated carbocycles. The second-order valence-corrected chi connectivity index (χ2v) is 9.74. The van der Waals surface area contributed by atoms with E-state index in [1.807, 2.05) is 44.2 Å². The lowest BCUT2D eigenvalue weighted by atomic mass is 10.00. The lowest BCUT2D eigenvalue weighted by Crippen LogP contribution is -2.20. The lowest BCUT2D eigenvalue weighted by molar-refractivity contribution is 0.103. The monoisotopic (exact) mass is 587 g/mol. The van der Waals surface area contributed by atoms with Crippen LogP contribution in [0.3, 0.4) is 0 Å². The highest BCUT2D eigenvalue weighted by molar-refractivity contribution is 6.11. The molecule has 9 heteroatoms. The zero-order chi connectivity index (χ0) is 30.6. The molecule has 0 aliphatic carbocycles. The van der Waals surface area contributed by atoms with E-state index < -0.39 is 5.56 Å². The van der Waals surface area contributed by atoms with Crippen LogP contribution in [0.2, 0.25) is 0 Å². The number of furan rings is 1. The molecule has 6 rings (SSSR count). The molecule has 6 aromatic rings. The van der Waals surface area contributed by atoms with Gasteiger partial charge >= 0.3 is 0 Å². The molecule has 0 saturated heterocycles. The first-order valence-corrected chi connectivity index (χ1v) is 14.2. The molecule has 0 unspecified atom stereocenters.